The Hall–Kier alpha value is -4.38. The Balaban J connectivity index is 1.10. The second-order valence-corrected chi connectivity index (χ2v) is 12.1. The Bertz CT molecular complexity index is 1590. The Morgan fingerprint density at radius 3 is 2.52 bits per heavy atom. The zero-order valence-corrected chi connectivity index (χ0v) is 25.8. The van der Waals surface area contributed by atoms with E-state index in [1.165, 1.54) is 19.1 Å². The Kier molecular flexibility index (Phi) is 9.04. The number of nitrogens with zero attached hydrogens (tertiary/aromatic N) is 6. The van der Waals surface area contributed by atoms with Crippen LogP contribution in [0.4, 0.5) is 26.0 Å². The third-order valence-corrected chi connectivity index (χ3v) is 8.74. The molecule has 2 N–H and O–H groups in total. The van der Waals surface area contributed by atoms with Gasteiger partial charge in [-0.2, -0.15) is 5.26 Å². The van der Waals surface area contributed by atoms with E-state index in [1.807, 2.05) is 18.2 Å². The van der Waals surface area contributed by atoms with E-state index in [2.05, 4.69) is 37.2 Å². The van der Waals surface area contributed by atoms with Gasteiger partial charge in [-0.25, -0.2) is 18.7 Å². The van der Waals surface area contributed by atoms with Crippen molar-refractivity contribution in [2.24, 2.45) is 5.92 Å². The quantitative estimate of drug-likeness (QED) is 0.381. The molecule has 2 aromatic carbocycles. The molecule has 11 nitrogen and oxygen atoms in total. The molecule has 3 atom stereocenters. The molecular weight excluding hydrogens is 596 g/mol. The summed E-state index contributed by atoms with van der Waals surface area (Å²) in [6.07, 6.45) is -1.34. The van der Waals surface area contributed by atoms with Crippen molar-refractivity contribution in [1.29, 1.82) is 5.26 Å². The summed E-state index contributed by atoms with van der Waals surface area (Å²) in [5.41, 5.74) is 2.60. The van der Waals surface area contributed by atoms with Gasteiger partial charge in [0, 0.05) is 61.8 Å². The highest BCUT2D eigenvalue weighted by Crippen LogP contribution is 2.36. The van der Waals surface area contributed by atoms with Gasteiger partial charge in [-0.15, -0.1) is 0 Å². The van der Waals surface area contributed by atoms with Crippen molar-refractivity contribution in [2.45, 2.75) is 38.0 Å². The average Bonchev–Trinajstić information content (AvgIpc) is 3.02. The first-order valence-electron chi connectivity index (χ1n) is 15.4. The summed E-state index contributed by atoms with van der Waals surface area (Å²) in [6.45, 7) is 7.57. The highest BCUT2D eigenvalue weighted by Gasteiger charge is 2.51. The number of amides is 1. The van der Waals surface area contributed by atoms with Crippen molar-refractivity contribution in [3.63, 3.8) is 0 Å². The van der Waals surface area contributed by atoms with Gasteiger partial charge in [-0.3, -0.25) is 9.69 Å². The molecule has 6 rings (SSSR count). The SMILES string of the molecule is C[C@H](O)C(=O)N1C[C@@H](C)[C@H](Oc2ccc(-c3nccc(Nc4ccc(N5CCN(C6COC6)CC5)cc4)n3)cc2C#N)C(F)(F)C1. The van der Waals surface area contributed by atoms with Crippen LogP contribution < -0.4 is 15.0 Å². The number of carbonyl (C=O) groups is 1. The van der Waals surface area contributed by atoms with Crippen LogP contribution in [0.2, 0.25) is 0 Å². The van der Waals surface area contributed by atoms with Crippen LogP contribution in [-0.4, -0.2) is 107 Å². The van der Waals surface area contributed by atoms with E-state index >= 15 is 8.78 Å². The molecular formula is C33H37F2N7O4. The molecule has 3 aromatic rings. The summed E-state index contributed by atoms with van der Waals surface area (Å²) in [5, 5.41) is 22.7. The number of nitriles is 1. The maximum Gasteiger partial charge on any atom is 0.301 e. The Labute approximate surface area is 266 Å². The first-order valence-corrected chi connectivity index (χ1v) is 15.4. The van der Waals surface area contributed by atoms with Crippen molar-refractivity contribution in [1.82, 2.24) is 19.8 Å². The minimum atomic E-state index is -3.39. The van der Waals surface area contributed by atoms with Gasteiger partial charge in [0.05, 0.1) is 31.4 Å². The van der Waals surface area contributed by atoms with Crippen molar-refractivity contribution >= 4 is 23.1 Å². The topological polar surface area (TPSA) is 127 Å². The summed E-state index contributed by atoms with van der Waals surface area (Å²) in [5.74, 6) is -4.00. The van der Waals surface area contributed by atoms with Gasteiger partial charge in [0.1, 0.15) is 23.7 Å². The number of likely N-dealkylation sites (tertiary alicyclic amines) is 1. The lowest BCUT2D eigenvalue weighted by Crippen LogP contribution is -2.60. The van der Waals surface area contributed by atoms with Crippen LogP contribution in [-0.2, 0) is 9.53 Å². The number of hydrogen-bond donors (Lipinski definition) is 2. The van der Waals surface area contributed by atoms with Crippen LogP contribution in [0.25, 0.3) is 11.4 Å². The number of rotatable bonds is 8. The molecule has 3 aliphatic heterocycles. The number of benzene rings is 2. The standard InChI is InChI=1S/C33H37F2N7O4/c1-21-17-42(32(44)22(2)43)20-33(34,35)30(21)46-28-8-3-23(15-24(28)16-36)31-37-10-9-29(39-31)38-25-4-6-26(7-5-25)40-11-13-41(14-12-40)27-18-45-19-27/h3-10,15,21-22,27,30,43H,11-14,17-20H2,1-2H3,(H,37,38,39)/t21-,22+,30+/m1/s1. The Morgan fingerprint density at radius 1 is 1.15 bits per heavy atom. The summed E-state index contributed by atoms with van der Waals surface area (Å²) >= 11 is 0. The van der Waals surface area contributed by atoms with Crippen LogP contribution >= 0.6 is 0 Å². The molecule has 4 heterocycles. The predicted octanol–water partition coefficient (Wildman–Crippen LogP) is 3.52. The third kappa shape index (κ3) is 6.74. The molecule has 3 fully saturated rings. The van der Waals surface area contributed by atoms with Crippen LogP contribution in [0.3, 0.4) is 0 Å². The van der Waals surface area contributed by atoms with Gasteiger partial charge in [0.25, 0.3) is 5.91 Å². The molecule has 1 aromatic heterocycles. The number of carbonyl (C=O) groups excluding carboxylic acids is 1. The largest absolute Gasteiger partial charge is 0.482 e. The number of piperidine rings is 1. The van der Waals surface area contributed by atoms with Crippen LogP contribution in [0.1, 0.15) is 19.4 Å². The summed E-state index contributed by atoms with van der Waals surface area (Å²) < 4.78 is 41.3. The number of ether oxygens (including phenoxy) is 2. The van der Waals surface area contributed by atoms with Gasteiger partial charge < -0.3 is 29.7 Å². The first-order chi connectivity index (χ1) is 22.1. The van der Waals surface area contributed by atoms with Gasteiger partial charge in [0.15, 0.2) is 11.9 Å². The second kappa shape index (κ2) is 13.2. The number of piperazine rings is 1. The van der Waals surface area contributed by atoms with E-state index in [1.54, 1.807) is 25.3 Å². The average molecular weight is 634 g/mol. The number of aromatic nitrogens is 2. The van der Waals surface area contributed by atoms with Crippen molar-refractivity contribution in [2.75, 3.05) is 62.7 Å². The van der Waals surface area contributed by atoms with Crippen molar-refractivity contribution in [3.05, 3.63) is 60.3 Å². The van der Waals surface area contributed by atoms with E-state index < -0.39 is 36.5 Å². The van der Waals surface area contributed by atoms with Crippen molar-refractivity contribution in [3.8, 4) is 23.2 Å². The van der Waals surface area contributed by atoms with Crippen LogP contribution in [0.15, 0.2) is 54.7 Å². The predicted molar refractivity (Wildman–Crippen MR) is 167 cm³/mol. The third-order valence-electron chi connectivity index (χ3n) is 8.74. The van der Waals surface area contributed by atoms with Gasteiger partial charge in [0.2, 0.25) is 0 Å². The normalized spacial score (nSPS) is 22.4. The highest BCUT2D eigenvalue weighted by atomic mass is 19.3. The fourth-order valence-electron chi connectivity index (χ4n) is 6.15. The first kappa shape index (κ1) is 31.6. The van der Waals surface area contributed by atoms with Gasteiger partial charge in [-0.1, -0.05) is 6.92 Å². The van der Waals surface area contributed by atoms with E-state index in [4.69, 9.17) is 9.47 Å². The minimum absolute atomic E-state index is 0.00548. The molecule has 0 aliphatic carbocycles. The number of aliphatic hydroxyl groups excluding tert-OH is 1. The number of aliphatic hydroxyl groups is 1. The molecule has 0 saturated carbocycles. The molecule has 46 heavy (non-hydrogen) atoms. The van der Waals surface area contributed by atoms with E-state index in [0.29, 0.717) is 23.2 Å². The fourth-order valence-corrected chi connectivity index (χ4v) is 6.15. The lowest BCUT2D eigenvalue weighted by atomic mass is 9.92. The number of nitrogens with one attached hydrogen (secondary N) is 1. The number of hydrogen-bond acceptors (Lipinski definition) is 10. The molecule has 3 saturated heterocycles. The molecule has 1 amide bonds. The van der Waals surface area contributed by atoms with Crippen LogP contribution in [0.5, 0.6) is 5.75 Å². The molecule has 0 radical (unpaired) electrons. The van der Waals surface area contributed by atoms with Gasteiger partial charge in [-0.05, 0) is 55.5 Å². The molecule has 0 bridgehead atoms. The maximum atomic E-state index is 15.1. The number of anilines is 3. The van der Waals surface area contributed by atoms with Gasteiger partial charge >= 0.3 is 5.92 Å². The van der Waals surface area contributed by atoms with E-state index in [-0.39, 0.29) is 17.9 Å². The molecule has 13 heteroatoms. The molecule has 0 unspecified atom stereocenters. The summed E-state index contributed by atoms with van der Waals surface area (Å²) in [4.78, 5) is 26.9. The monoisotopic (exact) mass is 633 g/mol. The Morgan fingerprint density at radius 2 is 1.89 bits per heavy atom. The van der Waals surface area contributed by atoms with E-state index in [0.717, 1.165) is 55.7 Å². The lowest BCUT2D eigenvalue weighted by molar-refractivity contribution is -0.177. The zero-order chi connectivity index (χ0) is 32.4. The molecule has 0 spiro atoms. The zero-order valence-electron chi connectivity index (χ0n) is 25.8. The highest BCUT2D eigenvalue weighted by molar-refractivity contribution is 5.80. The van der Waals surface area contributed by atoms with Crippen molar-refractivity contribution < 1.29 is 28.2 Å². The number of halogens is 2. The smallest absolute Gasteiger partial charge is 0.301 e. The number of alkyl halides is 2. The van der Waals surface area contributed by atoms with Crippen LogP contribution in [0, 0.1) is 17.2 Å². The second-order valence-electron chi connectivity index (χ2n) is 12.1. The molecule has 242 valence electrons. The summed E-state index contributed by atoms with van der Waals surface area (Å²) in [6, 6.07) is 17.1. The van der Waals surface area contributed by atoms with E-state index in [9.17, 15) is 15.2 Å². The lowest BCUT2D eigenvalue weighted by Gasteiger charge is -2.43. The summed E-state index contributed by atoms with van der Waals surface area (Å²) in [7, 11) is 0. The fraction of sp³-hybridized carbons (Fsp3) is 0.455. The minimum Gasteiger partial charge on any atom is -0.482 e. The molecule has 3 aliphatic rings. The maximum absolute atomic E-state index is 15.1.